The van der Waals surface area contributed by atoms with Gasteiger partial charge < -0.3 is 19.5 Å². The Balaban J connectivity index is 2.25. The molecule has 1 rings (SSSR count). The molecule has 0 radical (unpaired) electrons. The molecule has 0 heterocycles. The molecule has 108 valence electrons. The summed E-state index contributed by atoms with van der Waals surface area (Å²) < 4.78 is 16.2. The van der Waals surface area contributed by atoms with Crippen molar-refractivity contribution >= 4 is 0 Å². The molecular weight excluding hydrogens is 242 g/mol. The third kappa shape index (κ3) is 6.57. The van der Waals surface area contributed by atoms with Gasteiger partial charge in [0.2, 0.25) is 0 Å². The summed E-state index contributed by atoms with van der Waals surface area (Å²) in [5.74, 6) is 0.890. The van der Waals surface area contributed by atoms with Crippen LogP contribution in [0.1, 0.15) is 25.8 Å². The van der Waals surface area contributed by atoms with Crippen LogP contribution in [0.25, 0.3) is 0 Å². The summed E-state index contributed by atoms with van der Waals surface area (Å²) in [5.41, 5.74) is 1.21. The zero-order valence-corrected chi connectivity index (χ0v) is 12.1. The first-order chi connectivity index (χ1) is 9.30. The molecule has 19 heavy (non-hydrogen) atoms. The van der Waals surface area contributed by atoms with Crippen LogP contribution >= 0.6 is 0 Å². The number of benzene rings is 1. The molecule has 0 atom stereocenters. The molecule has 1 aromatic rings. The second-order valence-corrected chi connectivity index (χ2v) is 4.16. The average Bonchev–Trinajstić information content (AvgIpc) is 2.44. The van der Waals surface area contributed by atoms with Crippen molar-refractivity contribution in [3.8, 4) is 5.75 Å². The van der Waals surface area contributed by atoms with Crippen molar-refractivity contribution < 1.29 is 14.2 Å². The molecule has 0 bridgehead atoms. The average molecular weight is 267 g/mol. The van der Waals surface area contributed by atoms with Crippen LogP contribution < -0.4 is 10.1 Å². The van der Waals surface area contributed by atoms with E-state index in [4.69, 9.17) is 14.2 Å². The van der Waals surface area contributed by atoms with Gasteiger partial charge in [0.25, 0.3) is 0 Å². The van der Waals surface area contributed by atoms with Gasteiger partial charge in [0, 0.05) is 32.7 Å². The fourth-order valence-electron chi connectivity index (χ4n) is 1.82. The third-order valence-electron chi connectivity index (χ3n) is 2.73. The summed E-state index contributed by atoms with van der Waals surface area (Å²) >= 11 is 0. The normalized spacial score (nSPS) is 10.9. The lowest BCUT2D eigenvalue weighted by Gasteiger charge is -2.17. The fourth-order valence-corrected chi connectivity index (χ4v) is 1.82. The molecule has 1 N–H and O–H groups in total. The molecular formula is C15H25NO3. The molecule has 0 fully saturated rings. The second kappa shape index (κ2) is 9.78. The second-order valence-electron chi connectivity index (χ2n) is 4.16. The number of rotatable bonds is 10. The summed E-state index contributed by atoms with van der Waals surface area (Å²) in [5, 5.41) is 3.38. The first-order valence-corrected chi connectivity index (χ1v) is 6.87. The van der Waals surface area contributed by atoms with Crippen molar-refractivity contribution in [3.05, 3.63) is 29.8 Å². The van der Waals surface area contributed by atoms with Gasteiger partial charge in [-0.1, -0.05) is 12.1 Å². The molecule has 4 heteroatoms. The van der Waals surface area contributed by atoms with Crippen LogP contribution in [0.2, 0.25) is 0 Å². The number of hydrogen-bond acceptors (Lipinski definition) is 4. The zero-order chi connectivity index (χ0) is 13.9. The minimum atomic E-state index is -0.104. The van der Waals surface area contributed by atoms with Gasteiger partial charge in [-0.05, 0) is 31.5 Å². The van der Waals surface area contributed by atoms with E-state index in [9.17, 15) is 0 Å². The Morgan fingerprint density at radius 1 is 1.16 bits per heavy atom. The van der Waals surface area contributed by atoms with Crippen LogP contribution in [0.5, 0.6) is 5.75 Å². The minimum Gasteiger partial charge on any atom is -0.497 e. The molecule has 0 aliphatic carbocycles. The van der Waals surface area contributed by atoms with E-state index in [-0.39, 0.29) is 6.29 Å². The Bertz CT molecular complexity index is 338. The lowest BCUT2D eigenvalue weighted by molar-refractivity contribution is -0.138. The highest BCUT2D eigenvalue weighted by molar-refractivity contribution is 5.28. The van der Waals surface area contributed by atoms with Gasteiger partial charge in [-0.3, -0.25) is 0 Å². The van der Waals surface area contributed by atoms with E-state index in [0.717, 1.165) is 25.3 Å². The number of ether oxygens (including phenoxy) is 3. The Morgan fingerprint density at radius 2 is 1.89 bits per heavy atom. The van der Waals surface area contributed by atoms with Crippen LogP contribution in [0.15, 0.2) is 24.3 Å². The van der Waals surface area contributed by atoms with Gasteiger partial charge in [-0.15, -0.1) is 0 Å². The Kier molecular flexibility index (Phi) is 8.21. The smallest absolute Gasteiger partial charge is 0.158 e. The molecule has 0 aliphatic heterocycles. The van der Waals surface area contributed by atoms with Crippen molar-refractivity contribution in [3.63, 3.8) is 0 Å². The maximum absolute atomic E-state index is 5.49. The van der Waals surface area contributed by atoms with E-state index in [1.165, 1.54) is 5.56 Å². The molecule has 0 aromatic heterocycles. The van der Waals surface area contributed by atoms with Crippen LogP contribution in [0.3, 0.4) is 0 Å². The lowest BCUT2D eigenvalue weighted by Crippen LogP contribution is -2.24. The molecule has 0 saturated carbocycles. The standard InChI is InChI=1S/C15H25NO3/c1-4-18-15(19-5-2)9-10-16-12-13-7-6-8-14(11-13)17-3/h6-8,11,15-16H,4-5,9-10,12H2,1-3H3. The topological polar surface area (TPSA) is 39.7 Å². The predicted octanol–water partition coefficient (Wildman–Crippen LogP) is 2.57. The maximum atomic E-state index is 5.49. The van der Waals surface area contributed by atoms with Gasteiger partial charge in [0.15, 0.2) is 6.29 Å². The van der Waals surface area contributed by atoms with E-state index >= 15 is 0 Å². The monoisotopic (exact) mass is 267 g/mol. The van der Waals surface area contributed by atoms with Gasteiger partial charge in [0.1, 0.15) is 5.75 Å². The van der Waals surface area contributed by atoms with Crippen molar-refractivity contribution in [1.29, 1.82) is 0 Å². The van der Waals surface area contributed by atoms with Crippen molar-refractivity contribution in [2.75, 3.05) is 26.9 Å². The molecule has 0 amide bonds. The van der Waals surface area contributed by atoms with E-state index in [2.05, 4.69) is 11.4 Å². The molecule has 4 nitrogen and oxygen atoms in total. The number of nitrogens with one attached hydrogen (secondary N) is 1. The predicted molar refractivity (Wildman–Crippen MR) is 76.4 cm³/mol. The van der Waals surface area contributed by atoms with Crippen molar-refractivity contribution in [2.45, 2.75) is 33.1 Å². The van der Waals surface area contributed by atoms with Gasteiger partial charge >= 0.3 is 0 Å². The summed E-state index contributed by atoms with van der Waals surface area (Å²) in [6.45, 7) is 7.01. The lowest BCUT2D eigenvalue weighted by atomic mass is 10.2. The number of methoxy groups -OCH3 is 1. The van der Waals surface area contributed by atoms with Crippen molar-refractivity contribution in [1.82, 2.24) is 5.32 Å². The van der Waals surface area contributed by atoms with Gasteiger partial charge in [-0.25, -0.2) is 0 Å². The first kappa shape index (κ1) is 16.0. The maximum Gasteiger partial charge on any atom is 0.158 e. The highest BCUT2D eigenvalue weighted by atomic mass is 16.7. The van der Waals surface area contributed by atoms with Crippen LogP contribution in [0, 0.1) is 0 Å². The van der Waals surface area contributed by atoms with Crippen LogP contribution in [0.4, 0.5) is 0 Å². The zero-order valence-electron chi connectivity index (χ0n) is 12.1. The van der Waals surface area contributed by atoms with E-state index < -0.39 is 0 Å². The molecule has 0 unspecified atom stereocenters. The largest absolute Gasteiger partial charge is 0.497 e. The number of hydrogen-bond donors (Lipinski definition) is 1. The highest BCUT2D eigenvalue weighted by Crippen LogP contribution is 2.12. The summed E-state index contributed by atoms with van der Waals surface area (Å²) in [6.07, 6.45) is 0.749. The third-order valence-corrected chi connectivity index (χ3v) is 2.73. The van der Waals surface area contributed by atoms with Crippen LogP contribution in [-0.4, -0.2) is 33.2 Å². The van der Waals surface area contributed by atoms with E-state index in [1.54, 1.807) is 7.11 Å². The van der Waals surface area contributed by atoms with E-state index in [0.29, 0.717) is 13.2 Å². The molecule has 0 saturated heterocycles. The fraction of sp³-hybridized carbons (Fsp3) is 0.600. The van der Waals surface area contributed by atoms with Gasteiger partial charge in [-0.2, -0.15) is 0 Å². The first-order valence-electron chi connectivity index (χ1n) is 6.87. The van der Waals surface area contributed by atoms with Gasteiger partial charge in [0.05, 0.1) is 7.11 Å². The Hall–Kier alpha value is -1.10. The summed E-state index contributed by atoms with van der Waals surface area (Å²) in [4.78, 5) is 0. The summed E-state index contributed by atoms with van der Waals surface area (Å²) in [6, 6.07) is 8.07. The minimum absolute atomic E-state index is 0.104. The summed E-state index contributed by atoms with van der Waals surface area (Å²) in [7, 11) is 1.68. The Labute approximate surface area is 116 Å². The van der Waals surface area contributed by atoms with E-state index in [1.807, 2.05) is 32.0 Å². The SMILES string of the molecule is CCOC(CCNCc1cccc(OC)c1)OCC. The van der Waals surface area contributed by atoms with Crippen molar-refractivity contribution in [2.24, 2.45) is 0 Å². The quantitative estimate of drug-likeness (QED) is 0.522. The van der Waals surface area contributed by atoms with Crippen LogP contribution in [-0.2, 0) is 16.0 Å². The molecule has 0 spiro atoms. The highest BCUT2D eigenvalue weighted by Gasteiger charge is 2.06. The molecule has 1 aromatic carbocycles. The Morgan fingerprint density at radius 3 is 2.53 bits per heavy atom. The molecule has 0 aliphatic rings.